The van der Waals surface area contributed by atoms with Gasteiger partial charge in [-0.3, -0.25) is 0 Å². The number of nitrogens with zero attached hydrogens (tertiary/aromatic N) is 1. The first kappa shape index (κ1) is 14.4. The third-order valence-corrected chi connectivity index (χ3v) is 4.06. The molecule has 1 aromatic carbocycles. The second-order valence-corrected chi connectivity index (χ2v) is 5.86. The van der Waals surface area contributed by atoms with Gasteiger partial charge in [0.25, 0.3) is 0 Å². The molecule has 1 aromatic heterocycles. The highest BCUT2D eigenvalue weighted by molar-refractivity contribution is 9.10. The van der Waals surface area contributed by atoms with Gasteiger partial charge in [0.15, 0.2) is 11.5 Å². The molecule has 0 fully saturated rings. The fraction of sp³-hybridized carbons (Fsp3) is 0.400. The molecule has 0 atom stereocenters. The molecule has 0 saturated heterocycles. The maximum atomic E-state index is 5.63. The fourth-order valence-electron chi connectivity index (χ4n) is 2.35. The van der Waals surface area contributed by atoms with E-state index in [9.17, 15) is 0 Å². The summed E-state index contributed by atoms with van der Waals surface area (Å²) < 4.78 is 17.3. The molecule has 0 spiro atoms. The van der Waals surface area contributed by atoms with Gasteiger partial charge in [-0.25, -0.2) is 0 Å². The molecule has 0 bridgehead atoms. The van der Waals surface area contributed by atoms with Crippen LogP contribution >= 0.6 is 15.9 Å². The predicted octanol–water partition coefficient (Wildman–Crippen LogP) is 3.11. The smallest absolute Gasteiger partial charge is 0.175 e. The summed E-state index contributed by atoms with van der Waals surface area (Å²) in [6.07, 6.45) is 0. The molecule has 1 N–H and O–H groups in total. The van der Waals surface area contributed by atoms with Crippen LogP contribution in [0.3, 0.4) is 0 Å². The fourth-order valence-corrected chi connectivity index (χ4v) is 2.96. The van der Waals surface area contributed by atoms with Crippen molar-refractivity contribution in [1.82, 2.24) is 10.5 Å². The Morgan fingerprint density at radius 2 is 2.00 bits per heavy atom. The first-order valence-corrected chi connectivity index (χ1v) is 7.65. The van der Waals surface area contributed by atoms with Gasteiger partial charge in [0.1, 0.15) is 19.0 Å². The third kappa shape index (κ3) is 3.06. The van der Waals surface area contributed by atoms with Crippen LogP contribution in [0, 0.1) is 13.8 Å². The Hall–Kier alpha value is -1.53. The van der Waals surface area contributed by atoms with Gasteiger partial charge < -0.3 is 19.3 Å². The van der Waals surface area contributed by atoms with Gasteiger partial charge in [-0.15, -0.1) is 0 Å². The number of hydrogen-bond acceptors (Lipinski definition) is 5. The minimum absolute atomic E-state index is 0.592. The van der Waals surface area contributed by atoms with E-state index in [0.29, 0.717) is 13.2 Å². The van der Waals surface area contributed by atoms with E-state index in [1.54, 1.807) is 0 Å². The molecule has 0 aliphatic carbocycles. The highest BCUT2D eigenvalue weighted by Crippen LogP contribution is 2.38. The van der Waals surface area contributed by atoms with E-state index in [-0.39, 0.29) is 0 Å². The standard InChI is InChI=1S/C15H17BrN2O3/c1-9-12(10(2)21-18-9)8-17-7-11-5-13(16)15-14(6-11)19-3-4-20-15/h5-6,17H,3-4,7-8H2,1-2H3. The lowest BCUT2D eigenvalue weighted by molar-refractivity contribution is 0.170. The van der Waals surface area contributed by atoms with Crippen molar-refractivity contribution in [3.63, 3.8) is 0 Å². The molecule has 1 aliphatic heterocycles. The van der Waals surface area contributed by atoms with Crippen molar-refractivity contribution in [2.24, 2.45) is 0 Å². The van der Waals surface area contributed by atoms with Gasteiger partial charge in [0.2, 0.25) is 0 Å². The van der Waals surface area contributed by atoms with Crippen LogP contribution in [0.25, 0.3) is 0 Å². The van der Waals surface area contributed by atoms with Crippen molar-refractivity contribution >= 4 is 15.9 Å². The van der Waals surface area contributed by atoms with Crippen LogP contribution in [0.15, 0.2) is 21.1 Å². The average Bonchev–Trinajstić information content (AvgIpc) is 2.79. The van der Waals surface area contributed by atoms with E-state index >= 15 is 0 Å². The summed E-state index contributed by atoms with van der Waals surface area (Å²) in [5, 5.41) is 7.36. The summed E-state index contributed by atoms with van der Waals surface area (Å²) in [5.41, 5.74) is 3.19. The molecule has 2 heterocycles. The van der Waals surface area contributed by atoms with Crippen LogP contribution in [0.1, 0.15) is 22.6 Å². The van der Waals surface area contributed by atoms with Crippen molar-refractivity contribution in [3.05, 3.63) is 39.2 Å². The summed E-state index contributed by atoms with van der Waals surface area (Å²) in [5.74, 6) is 2.45. The van der Waals surface area contributed by atoms with Crippen molar-refractivity contribution < 1.29 is 14.0 Å². The highest BCUT2D eigenvalue weighted by atomic mass is 79.9. The van der Waals surface area contributed by atoms with E-state index < -0.39 is 0 Å². The van der Waals surface area contributed by atoms with Crippen LogP contribution in [0.5, 0.6) is 11.5 Å². The van der Waals surface area contributed by atoms with Crippen LogP contribution in [0.2, 0.25) is 0 Å². The van der Waals surface area contributed by atoms with Crippen molar-refractivity contribution in [2.45, 2.75) is 26.9 Å². The van der Waals surface area contributed by atoms with E-state index in [0.717, 1.165) is 51.6 Å². The predicted molar refractivity (Wildman–Crippen MR) is 81.7 cm³/mol. The Labute approximate surface area is 131 Å². The van der Waals surface area contributed by atoms with Crippen LogP contribution < -0.4 is 14.8 Å². The van der Waals surface area contributed by atoms with Gasteiger partial charge in [-0.05, 0) is 47.5 Å². The zero-order valence-corrected chi connectivity index (χ0v) is 13.6. The molecule has 5 nitrogen and oxygen atoms in total. The van der Waals surface area contributed by atoms with E-state index in [2.05, 4.69) is 26.4 Å². The number of rotatable bonds is 4. The third-order valence-electron chi connectivity index (χ3n) is 3.47. The summed E-state index contributed by atoms with van der Waals surface area (Å²) in [4.78, 5) is 0. The zero-order chi connectivity index (χ0) is 14.8. The minimum Gasteiger partial charge on any atom is -0.486 e. The molecule has 6 heteroatoms. The van der Waals surface area contributed by atoms with Crippen LogP contribution in [-0.4, -0.2) is 18.4 Å². The summed E-state index contributed by atoms with van der Waals surface area (Å²) >= 11 is 3.53. The lowest BCUT2D eigenvalue weighted by Gasteiger charge is -2.20. The average molecular weight is 353 g/mol. The van der Waals surface area contributed by atoms with E-state index in [4.69, 9.17) is 14.0 Å². The van der Waals surface area contributed by atoms with Crippen molar-refractivity contribution in [3.8, 4) is 11.5 Å². The second kappa shape index (κ2) is 6.07. The Balaban J connectivity index is 1.67. The summed E-state index contributed by atoms with van der Waals surface area (Å²) in [6, 6.07) is 4.06. The Morgan fingerprint density at radius 3 is 2.76 bits per heavy atom. The van der Waals surface area contributed by atoms with Crippen molar-refractivity contribution in [2.75, 3.05) is 13.2 Å². The molecule has 21 heavy (non-hydrogen) atoms. The maximum absolute atomic E-state index is 5.63. The molecular weight excluding hydrogens is 336 g/mol. The first-order valence-electron chi connectivity index (χ1n) is 6.85. The molecule has 0 saturated carbocycles. The molecular formula is C15H17BrN2O3. The number of aryl methyl sites for hydroxylation is 2. The zero-order valence-electron chi connectivity index (χ0n) is 12.0. The number of hydrogen-bond donors (Lipinski definition) is 1. The molecule has 0 unspecified atom stereocenters. The summed E-state index contributed by atoms with van der Waals surface area (Å²) in [7, 11) is 0. The van der Waals surface area contributed by atoms with Crippen LogP contribution in [-0.2, 0) is 13.1 Å². The molecule has 0 amide bonds. The van der Waals surface area contributed by atoms with E-state index in [1.807, 2.05) is 26.0 Å². The van der Waals surface area contributed by atoms with Gasteiger partial charge in [-0.1, -0.05) is 5.16 Å². The second-order valence-electron chi connectivity index (χ2n) is 5.01. The highest BCUT2D eigenvalue weighted by Gasteiger charge is 2.16. The number of benzene rings is 1. The quantitative estimate of drug-likeness (QED) is 0.915. The first-order chi connectivity index (χ1) is 10.1. The molecule has 112 valence electrons. The van der Waals surface area contributed by atoms with Gasteiger partial charge in [-0.2, -0.15) is 0 Å². The SMILES string of the molecule is Cc1noc(C)c1CNCc1cc(Br)c2c(c1)OCCO2. The van der Waals surface area contributed by atoms with Crippen LogP contribution in [0.4, 0.5) is 0 Å². The normalized spacial score (nSPS) is 13.5. The summed E-state index contributed by atoms with van der Waals surface area (Å²) in [6.45, 7) is 6.53. The van der Waals surface area contributed by atoms with Gasteiger partial charge >= 0.3 is 0 Å². The minimum atomic E-state index is 0.592. The Kier molecular flexibility index (Phi) is 4.17. The number of nitrogens with one attached hydrogen (secondary N) is 1. The number of ether oxygens (including phenoxy) is 2. The largest absolute Gasteiger partial charge is 0.486 e. The maximum Gasteiger partial charge on any atom is 0.175 e. The number of fused-ring (bicyclic) bond motifs is 1. The molecule has 0 radical (unpaired) electrons. The lowest BCUT2D eigenvalue weighted by atomic mass is 10.1. The monoisotopic (exact) mass is 352 g/mol. The number of halogens is 1. The van der Waals surface area contributed by atoms with Gasteiger partial charge in [0.05, 0.1) is 10.2 Å². The molecule has 3 rings (SSSR count). The Bertz CT molecular complexity index is 635. The lowest BCUT2D eigenvalue weighted by Crippen LogP contribution is -2.17. The Morgan fingerprint density at radius 1 is 1.19 bits per heavy atom. The van der Waals surface area contributed by atoms with E-state index in [1.165, 1.54) is 0 Å². The van der Waals surface area contributed by atoms with Gasteiger partial charge in [0, 0.05) is 18.7 Å². The topological polar surface area (TPSA) is 56.5 Å². The van der Waals surface area contributed by atoms with Crippen molar-refractivity contribution in [1.29, 1.82) is 0 Å². The molecule has 1 aliphatic rings. The molecule has 2 aromatic rings. The number of aromatic nitrogens is 1.